The molecule has 0 radical (unpaired) electrons. The zero-order valence-electron chi connectivity index (χ0n) is 18.4. The van der Waals surface area contributed by atoms with Crippen LogP contribution in [0.1, 0.15) is 40.5 Å². The Hall–Kier alpha value is -3.13. The quantitative estimate of drug-likeness (QED) is 0.493. The summed E-state index contributed by atoms with van der Waals surface area (Å²) in [7, 11) is 0. The Kier molecular flexibility index (Phi) is 7.36. The Balaban J connectivity index is 1.44. The van der Waals surface area contributed by atoms with Crippen LogP contribution < -0.4 is 5.32 Å². The summed E-state index contributed by atoms with van der Waals surface area (Å²) >= 11 is 1.52. The fourth-order valence-corrected chi connectivity index (χ4v) is 5.03. The van der Waals surface area contributed by atoms with E-state index in [-0.39, 0.29) is 37.4 Å². The van der Waals surface area contributed by atoms with Gasteiger partial charge in [-0.05, 0) is 47.5 Å². The van der Waals surface area contributed by atoms with Crippen molar-refractivity contribution in [2.75, 3.05) is 6.54 Å². The molecule has 2 amide bonds. The summed E-state index contributed by atoms with van der Waals surface area (Å²) in [6.45, 7) is 0.280. The van der Waals surface area contributed by atoms with Gasteiger partial charge in [-0.2, -0.15) is 13.2 Å². The number of rotatable bonds is 6. The first-order valence-electron chi connectivity index (χ1n) is 11.1. The number of carbonyl (C=O) groups is 2. The van der Waals surface area contributed by atoms with Crippen LogP contribution in [-0.4, -0.2) is 23.3 Å². The van der Waals surface area contributed by atoms with Gasteiger partial charge in [-0.15, -0.1) is 11.3 Å². The highest BCUT2D eigenvalue weighted by atomic mass is 32.1. The largest absolute Gasteiger partial charge is 0.416 e. The molecule has 1 aliphatic rings. The van der Waals surface area contributed by atoms with Crippen LogP contribution in [0, 0.1) is 5.92 Å². The van der Waals surface area contributed by atoms with Gasteiger partial charge in [0.25, 0.3) is 0 Å². The Labute approximate surface area is 200 Å². The van der Waals surface area contributed by atoms with Crippen LogP contribution in [0.15, 0.2) is 72.1 Å². The molecule has 8 heteroatoms. The average molecular weight is 487 g/mol. The van der Waals surface area contributed by atoms with Gasteiger partial charge in [-0.25, -0.2) is 0 Å². The molecule has 2 atom stereocenters. The number of nitrogens with zero attached hydrogens (tertiary/aromatic N) is 1. The van der Waals surface area contributed by atoms with E-state index in [9.17, 15) is 22.8 Å². The zero-order chi connectivity index (χ0) is 24.1. The predicted molar refractivity (Wildman–Crippen MR) is 125 cm³/mol. The second kappa shape index (κ2) is 10.4. The molecule has 2 aromatic carbocycles. The summed E-state index contributed by atoms with van der Waals surface area (Å²) in [5.41, 5.74) is 0.671. The lowest BCUT2D eigenvalue weighted by molar-refractivity contribution is -0.139. The number of amides is 2. The van der Waals surface area contributed by atoms with Crippen molar-refractivity contribution >= 4 is 23.2 Å². The summed E-state index contributed by atoms with van der Waals surface area (Å²) < 4.78 is 38.9. The smallest absolute Gasteiger partial charge is 0.352 e. The van der Waals surface area contributed by atoms with Gasteiger partial charge >= 0.3 is 6.18 Å². The Bertz CT molecular complexity index is 1120. The molecule has 2 unspecified atom stereocenters. The van der Waals surface area contributed by atoms with Crippen molar-refractivity contribution in [1.29, 1.82) is 0 Å². The maximum absolute atomic E-state index is 13.2. The summed E-state index contributed by atoms with van der Waals surface area (Å²) in [6, 6.07) is 18.4. The van der Waals surface area contributed by atoms with Crippen molar-refractivity contribution in [2.24, 2.45) is 5.92 Å². The van der Waals surface area contributed by atoms with Crippen LogP contribution >= 0.6 is 11.3 Å². The number of piperidine rings is 1. The fourth-order valence-electron chi connectivity index (χ4n) is 4.34. The molecular formula is C26H25F3N2O2S. The van der Waals surface area contributed by atoms with E-state index in [0.29, 0.717) is 18.4 Å². The van der Waals surface area contributed by atoms with Crippen molar-refractivity contribution in [3.8, 4) is 0 Å². The van der Waals surface area contributed by atoms with Gasteiger partial charge in [0.05, 0.1) is 23.9 Å². The van der Waals surface area contributed by atoms with Gasteiger partial charge in [0.1, 0.15) is 0 Å². The third-order valence-corrected chi connectivity index (χ3v) is 6.96. The molecule has 0 saturated carbocycles. The number of hydrogen-bond acceptors (Lipinski definition) is 3. The molecular weight excluding hydrogens is 461 g/mol. The highest BCUT2D eigenvalue weighted by Crippen LogP contribution is 2.34. The van der Waals surface area contributed by atoms with Crippen LogP contribution in [0.3, 0.4) is 0 Å². The van der Waals surface area contributed by atoms with Gasteiger partial charge in [-0.1, -0.05) is 48.5 Å². The van der Waals surface area contributed by atoms with E-state index in [0.717, 1.165) is 22.6 Å². The lowest BCUT2D eigenvalue weighted by Crippen LogP contribution is -2.47. The highest BCUT2D eigenvalue weighted by Gasteiger charge is 2.35. The SMILES string of the molecule is O=C(NCc1cccc(C(F)(F)F)c1)C1CCC(c2ccccc2)N(C(=O)Cc2cccs2)C1. The van der Waals surface area contributed by atoms with E-state index < -0.39 is 17.7 Å². The van der Waals surface area contributed by atoms with E-state index in [1.807, 2.05) is 47.8 Å². The van der Waals surface area contributed by atoms with Gasteiger partial charge in [0, 0.05) is 18.0 Å². The second-order valence-electron chi connectivity index (χ2n) is 8.42. The molecule has 178 valence electrons. The van der Waals surface area contributed by atoms with Gasteiger partial charge in [-0.3, -0.25) is 9.59 Å². The molecule has 0 bridgehead atoms. The molecule has 1 aliphatic heterocycles. The maximum Gasteiger partial charge on any atom is 0.416 e. The van der Waals surface area contributed by atoms with Crippen LogP contribution in [0.25, 0.3) is 0 Å². The number of carbonyl (C=O) groups excluding carboxylic acids is 2. The summed E-state index contributed by atoms with van der Waals surface area (Å²) in [6.07, 6.45) is -2.92. The lowest BCUT2D eigenvalue weighted by atomic mass is 9.88. The molecule has 4 rings (SSSR count). The average Bonchev–Trinajstić information content (AvgIpc) is 3.35. The molecule has 1 fully saturated rings. The summed E-state index contributed by atoms with van der Waals surface area (Å²) in [5.74, 6) is -0.706. The highest BCUT2D eigenvalue weighted by molar-refractivity contribution is 7.10. The third kappa shape index (κ3) is 5.86. The molecule has 1 aromatic heterocycles. The molecule has 3 aromatic rings. The Morgan fingerprint density at radius 2 is 1.79 bits per heavy atom. The van der Waals surface area contributed by atoms with E-state index in [2.05, 4.69) is 5.32 Å². The van der Waals surface area contributed by atoms with E-state index >= 15 is 0 Å². The second-order valence-corrected chi connectivity index (χ2v) is 9.45. The molecule has 4 nitrogen and oxygen atoms in total. The molecule has 1 N–H and O–H groups in total. The predicted octanol–water partition coefficient (Wildman–Crippen LogP) is 5.61. The minimum absolute atomic E-state index is 0.00447. The van der Waals surface area contributed by atoms with Crippen molar-refractivity contribution < 1.29 is 22.8 Å². The summed E-state index contributed by atoms with van der Waals surface area (Å²) in [4.78, 5) is 28.9. The van der Waals surface area contributed by atoms with Crippen LogP contribution in [0.5, 0.6) is 0 Å². The van der Waals surface area contributed by atoms with Crippen LogP contribution in [-0.2, 0) is 28.7 Å². The van der Waals surface area contributed by atoms with Crippen molar-refractivity contribution in [2.45, 2.75) is 38.0 Å². The first kappa shape index (κ1) is 24.0. The fraction of sp³-hybridized carbons (Fsp3) is 0.308. The van der Waals surface area contributed by atoms with Gasteiger partial charge in [0.2, 0.25) is 11.8 Å². The molecule has 0 aliphatic carbocycles. The van der Waals surface area contributed by atoms with Crippen molar-refractivity contribution in [3.63, 3.8) is 0 Å². The van der Waals surface area contributed by atoms with E-state index in [4.69, 9.17) is 0 Å². The topological polar surface area (TPSA) is 49.4 Å². The molecule has 2 heterocycles. The standard InChI is InChI=1S/C26H25F3N2O2S/c27-26(28,29)21-9-4-6-18(14-21)16-30-25(33)20-11-12-23(19-7-2-1-3-8-19)31(17-20)24(32)15-22-10-5-13-34-22/h1-10,13-14,20,23H,11-12,15-17H2,(H,30,33). The van der Waals surface area contributed by atoms with E-state index in [1.165, 1.54) is 17.4 Å². The molecule has 0 spiro atoms. The van der Waals surface area contributed by atoms with Crippen molar-refractivity contribution in [3.05, 3.63) is 93.7 Å². The van der Waals surface area contributed by atoms with E-state index in [1.54, 1.807) is 11.0 Å². The first-order chi connectivity index (χ1) is 16.3. The number of benzene rings is 2. The maximum atomic E-state index is 13.2. The molecule has 34 heavy (non-hydrogen) atoms. The zero-order valence-corrected chi connectivity index (χ0v) is 19.2. The monoisotopic (exact) mass is 486 g/mol. The number of thiophene rings is 1. The number of likely N-dealkylation sites (tertiary alicyclic amines) is 1. The number of alkyl halides is 3. The number of halogens is 3. The Morgan fingerprint density at radius 3 is 2.50 bits per heavy atom. The number of nitrogens with one attached hydrogen (secondary N) is 1. The normalized spacial score (nSPS) is 18.5. The van der Waals surface area contributed by atoms with Crippen molar-refractivity contribution in [1.82, 2.24) is 10.2 Å². The van der Waals surface area contributed by atoms with Crippen LogP contribution in [0.2, 0.25) is 0 Å². The van der Waals surface area contributed by atoms with Gasteiger partial charge < -0.3 is 10.2 Å². The molecule has 1 saturated heterocycles. The third-order valence-electron chi connectivity index (χ3n) is 6.08. The first-order valence-corrected chi connectivity index (χ1v) is 12.0. The lowest BCUT2D eigenvalue weighted by Gasteiger charge is -2.39. The van der Waals surface area contributed by atoms with Gasteiger partial charge in [0.15, 0.2) is 0 Å². The Morgan fingerprint density at radius 1 is 1.00 bits per heavy atom. The minimum Gasteiger partial charge on any atom is -0.352 e. The minimum atomic E-state index is -4.43. The summed E-state index contributed by atoms with van der Waals surface area (Å²) in [5, 5.41) is 4.69. The van der Waals surface area contributed by atoms with Crippen LogP contribution in [0.4, 0.5) is 13.2 Å². The number of hydrogen-bond donors (Lipinski definition) is 1.